The molecule has 0 aliphatic carbocycles. The fourth-order valence-corrected chi connectivity index (χ4v) is 2.80. The van der Waals surface area contributed by atoms with Crippen LogP contribution in [0, 0.1) is 0 Å². The number of carbonyl (C=O) groups excluding carboxylic acids is 1. The second-order valence-corrected chi connectivity index (χ2v) is 6.86. The van der Waals surface area contributed by atoms with Crippen LogP contribution in [0.15, 0.2) is 24.3 Å². The quantitative estimate of drug-likeness (QED) is 0.861. The SMILES string of the molecule is CCS(=O)(=O)Nc1ccccc1C(=O)N1CC[C@@H](N)C1.Cl. The van der Waals surface area contributed by atoms with Crippen LogP contribution in [0.4, 0.5) is 5.69 Å². The average molecular weight is 334 g/mol. The highest BCUT2D eigenvalue weighted by atomic mass is 35.5. The van der Waals surface area contributed by atoms with Crippen LogP contribution >= 0.6 is 12.4 Å². The van der Waals surface area contributed by atoms with Crippen molar-refractivity contribution in [3.8, 4) is 0 Å². The molecule has 0 unspecified atom stereocenters. The maximum absolute atomic E-state index is 12.4. The van der Waals surface area contributed by atoms with Gasteiger partial charge in [-0.3, -0.25) is 9.52 Å². The molecule has 6 nitrogen and oxygen atoms in total. The molecule has 1 atom stereocenters. The van der Waals surface area contributed by atoms with Crippen molar-refractivity contribution in [1.82, 2.24) is 4.90 Å². The Bertz CT molecular complexity index is 606. The van der Waals surface area contributed by atoms with Crippen molar-refractivity contribution in [3.05, 3.63) is 29.8 Å². The fourth-order valence-electron chi connectivity index (χ4n) is 2.14. The van der Waals surface area contributed by atoms with Crippen molar-refractivity contribution in [2.45, 2.75) is 19.4 Å². The summed E-state index contributed by atoms with van der Waals surface area (Å²) >= 11 is 0. The number of sulfonamides is 1. The molecule has 1 saturated heterocycles. The molecule has 1 aromatic rings. The summed E-state index contributed by atoms with van der Waals surface area (Å²) in [4.78, 5) is 14.1. The van der Waals surface area contributed by atoms with Crippen molar-refractivity contribution < 1.29 is 13.2 Å². The number of likely N-dealkylation sites (tertiary alicyclic amines) is 1. The summed E-state index contributed by atoms with van der Waals surface area (Å²) in [6, 6.07) is 6.63. The number of nitrogens with two attached hydrogens (primary N) is 1. The van der Waals surface area contributed by atoms with E-state index in [0.717, 1.165) is 6.42 Å². The van der Waals surface area contributed by atoms with Gasteiger partial charge in [-0.15, -0.1) is 12.4 Å². The molecule has 0 aromatic heterocycles. The molecule has 0 saturated carbocycles. The number of hydrogen-bond donors (Lipinski definition) is 2. The molecular formula is C13H20ClN3O3S. The molecular weight excluding hydrogens is 314 g/mol. The Labute approximate surface area is 131 Å². The van der Waals surface area contributed by atoms with E-state index in [1.807, 2.05) is 0 Å². The molecule has 1 aliphatic heterocycles. The van der Waals surface area contributed by atoms with Crippen molar-refractivity contribution >= 4 is 34.0 Å². The van der Waals surface area contributed by atoms with Gasteiger partial charge in [-0.2, -0.15) is 0 Å². The Morgan fingerprint density at radius 3 is 2.67 bits per heavy atom. The monoisotopic (exact) mass is 333 g/mol. The molecule has 1 aromatic carbocycles. The van der Waals surface area contributed by atoms with E-state index in [2.05, 4.69) is 4.72 Å². The normalized spacial score (nSPS) is 18.2. The number of nitrogens with zero attached hydrogens (tertiary/aromatic N) is 1. The molecule has 1 aliphatic rings. The first-order chi connectivity index (χ1) is 9.43. The highest BCUT2D eigenvalue weighted by Crippen LogP contribution is 2.20. The van der Waals surface area contributed by atoms with Gasteiger partial charge in [-0.1, -0.05) is 12.1 Å². The minimum atomic E-state index is -3.41. The van der Waals surface area contributed by atoms with E-state index in [0.29, 0.717) is 24.3 Å². The van der Waals surface area contributed by atoms with E-state index in [1.54, 1.807) is 36.1 Å². The van der Waals surface area contributed by atoms with Crippen LogP contribution < -0.4 is 10.5 Å². The lowest BCUT2D eigenvalue weighted by molar-refractivity contribution is 0.0792. The zero-order chi connectivity index (χ0) is 14.8. The highest BCUT2D eigenvalue weighted by molar-refractivity contribution is 7.92. The van der Waals surface area contributed by atoms with E-state index in [1.165, 1.54) is 0 Å². The number of carbonyl (C=O) groups is 1. The smallest absolute Gasteiger partial charge is 0.256 e. The van der Waals surface area contributed by atoms with Crippen LogP contribution in [0.5, 0.6) is 0 Å². The van der Waals surface area contributed by atoms with Gasteiger partial charge in [0.2, 0.25) is 10.0 Å². The van der Waals surface area contributed by atoms with E-state index in [9.17, 15) is 13.2 Å². The number of benzene rings is 1. The number of rotatable bonds is 4. The Hall–Kier alpha value is -1.31. The number of anilines is 1. The van der Waals surface area contributed by atoms with Gasteiger partial charge in [-0.05, 0) is 25.5 Å². The summed E-state index contributed by atoms with van der Waals surface area (Å²) in [5.74, 6) is -0.225. The van der Waals surface area contributed by atoms with Crippen LogP contribution in [0.25, 0.3) is 0 Å². The lowest BCUT2D eigenvalue weighted by atomic mass is 10.1. The Morgan fingerprint density at radius 2 is 2.10 bits per heavy atom. The molecule has 1 fully saturated rings. The minimum Gasteiger partial charge on any atom is -0.337 e. The van der Waals surface area contributed by atoms with Crippen LogP contribution in [0.2, 0.25) is 0 Å². The van der Waals surface area contributed by atoms with Crippen LogP contribution in [-0.4, -0.2) is 44.1 Å². The minimum absolute atomic E-state index is 0. The van der Waals surface area contributed by atoms with Crippen molar-refractivity contribution in [2.24, 2.45) is 5.73 Å². The Morgan fingerprint density at radius 1 is 1.43 bits per heavy atom. The second-order valence-electron chi connectivity index (χ2n) is 4.85. The third-order valence-electron chi connectivity index (χ3n) is 3.31. The molecule has 118 valence electrons. The first-order valence-corrected chi connectivity index (χ1v) is 8.22. The van der Waals surface area contributed by atoms with Crippen LogP contribution in [0.1, 0.15) is 23.7 Å². The summed E-state index contributed by atoms with van der Waals surface area (Å²) in [7, 11) is -3.41. The number of amides is 1. The van der Waals surface area contributed by atoms with Gasteiger partial charge in [0.15, 0.2) is 0 Å². The fraction of sp³-hybridized carbons (Fsp3) is 0.462. The molecule has 8 heteroatoms. The molecule has 0 radical (unpaired) electrons. The molecule has 1 amide bonds. The summed E-state index contributed by atoms with van der Waals surface area (Å²) in [5.41, 5.74) is 6.48. The van der Waals surface area contributed by atoms with Crippen LogP contribution in [-0.2, 0) is 10.0 Å². The van der Waals surface area contributed by atoms with Gasteiger partial charge in [0.1, 0.15) is 0 Å². The van der Waals surface area contributed by atoms with Crippen LogP contribution in [0.3, 0.4) is 0 Å². The molecule has 3 N–H and O–H groups in total. The zero-order valence-corrected chi connectivity index (χ0v) is 13.4. The van der Waals surface area contributed by atoms with E-state index >= 15 is 0 Å². The third kappa shape index (κ3) is 4.33. The summed E-state index contributed by atoms with van der Waals surface area (Å²) in [6.45, 7) is 2.66. The highest BCUT2D eigenvalue weighted by Gasteiger charge is 2.26. The van der Waals surface area contributed by atoms with Gasteiger partial charge >= 0.3 is 0 Å². The first-order valence-electron chi connectivity index (χ1n) is 6.57. The number of nitrogens with one attached hydrogen (secondary N) is 1. The van der Waals surface area contributed by atoms with Crippen molar-refractivity contribution in [1.29, 1.82) is 0 Å². The van der Waals surface area contributed by atoms with Gasteiger partial charge in [0.25, 0.3) is 5.91 Å². The molecule has 2 rings (SSSR count). The number of para-hydroxylation sites is 1. The standard InChI is InChI=1S/C13H19N3O3S.ClH/c1-2-20(18,19)15-12-6-4-3-5-11(12)13(17)16-8-7-10(14)9-16;/h3-6,10,15H,2,7-9,14H2,1H3;1H/t10-;/m1./s1. The lowest BCUT2D eigenvalue weighted by Crippen LogP contribution is -2.32. The molecule has 1 heterocycles. The van der Waals surface area contributed by atoms with Gasteiger partial charge in [0.05, 0.1) is 17.0 Å². The third-order valence-corrected chi connectivity index (χ3v) is 4.61. The predicted molar refractivity (Wildman–Crippen MR) is 85.3 cm³/mol. The summed E-state index contributed by atoms with van der Waals surface area (Å²) in [5, 5.41) is 0. The van der Waals surface area contributed by atoms with Crippen molar-refractivity contribution in [3.63, 3.8) is 0 Å². The largest absolute Gasteiger partial charge is 0.337 e. The summed E-state index contributed by atoms with van der Waals surface area (Å²) < 4.78 is 25.8. The number of hydrogen-bond acceptors (Lipinski definition) is 4. The van der Waals surface area contributed by atoms with Gasteiger partial charge in [-0.25, -0.2) is 8.42 Å². The Kier molecular flexibility index (Phi) is 6.00. The summed E-state index contributed by atoms with van der Waals surface area (Å²) in [6.07, 6.45) is 0.772. The maximum atomic E-state index is 12.4. The van der Waals surface area contributed by atoms with Gasteiger partial charge < -0.3 is 10.6 Å². The molecule has 21 heavy (non-hydrogen) atoms. The van der Waals surface area contributed by atoms with Crippen molar-refractivity contribution in [2.75, 3.05) is 23.6 Å². The van der Waals surface area contributed by atoms with E-state index < -0.39 is 10.0 Å². The maximum Gasteiger partial charge on any atom is 0.256 e. The van der Waals surface area contributed by atoms with E-state index in [4.69, 9.17) is 5.73 Å². The topological polar surface area (TPSA) is 92.5 Å². The molecule has 0 spiro atoms. The lowest BCUT2D eigenvalue weighted by Gasteiger charge is -2.18. The number of halogens is 1. The van der Waals surface area contributed by atoms with Gasteiger partial charge in [0, 0.05) is 19.1 Å². The van der Waals surface area contributed by atoms with E-state index in [-0.39, 0.29) is 30.1 Å². The zero-order valence-electron chi connectivity index (χ0n) is 11.8. The molecule has 0 bridgehead atoms. The second kappa shape index (κ2) is 7.11. The average Bonchev–Trinajstić information content (AvgIpc) is 2.85. The first kappa shape index (κ1) is 17.7. The predicted octanol–water partition coefficient (Wildman–Crippen LogP) is 1.04. The Balaban J connectivity index is 0.00000220.